The first-order valence-electron chi connectivity index (χ1n) is 5.80. The summed E-state index contributed by atoms with van der Waals surface area (Å²) in [6, 6.07) is 6.53. The third kappa shape index (κ3) is 2.81. The Kier molecular flexibility index (Phi) is 3.53. The largest absolute Gasteiger partial charge is 0.508 e. The highest BCUT2D eigenvalue weighted by Gasteiger charge is 2.10. The van der Waals surface area contributed by atoms with Gasteiger partial charge in [-0.05, 0) is 19.1 Å². The van der Waals surface area contributed by atoms with Crippen molar-refractivity contribution in [3.63, 3.8) is 0 Å². The monoisotopic (exact) mass is 247 g/mol. The van der Waals surface area contributed by atoms with Crippen LogP contribution in [0.4, 0.5) is 0 Å². The molecule has 0 radical (unpaired) electrons. The van der Waals surface area contributed by atoms with Gasteiger partial charge in [-0.15, -0.1) is 0 Å². The molecule has 0 bridgehead atoms. The molecule has 1 heterocycles. The Morgan fingerprint density at radius 3 is 2.72 bits per heavy atom. The molecule has 0 aliphatic heterocycles. The van der Waals surface area contributed by atoms with Crippen LogP contribution in [0.5, 0.6) is 11.5 Å². The van der Waals surface area contributed by atoms with Crippen LogP contribution >= 0.6 is 0 Å². The van der Waals surface area contributed by atoms with Crippen molar-refractivity contribution in [3.05, 3.63) is 41.7 Å². The molecule has 0 saturated heterocycles. The number of rotatable bonds is 4. The maximum atomic E-state index is 9.74. The number of phenolic OH excluding ortho intramolecular Hbond substituents is 2. The fraction of sp³-hybridized carbons (Fsp3) is 0.308. The minimum atomic E-state index is -0.0207. The van der Waals surface area contributed by atoms with Gasteiger partial charge in [0.1, 0.15) is 11.5 Å². The lowest BCUT2D eigenvalue weighted by molar-refractivity contribution is 0.435. The average molecular weight is 247 g/mol. The first-order chi connectivity index (χ1) is 8.56. The van der Waals surface area contributed by atoms with Crippen LogP contribution in [0.3, 0.4) is 0 Å². The van der Waals surface area contributed by atoms with E-state index in [9.17, 15) is 10.2 Å². The number of nitrogens with zero attached hydrogens (tertiary/aromatic N) is 2. The lowest BCUT2D eigenvalue weighted by Crippen LogP contribution is -2.18. The lowest BCUT2D eigenvalue weighted by atomic mass is 10.1. The zero-order chi connectivity index (χ0) is 13.1. The Morgan fingerprint density at radius 2 is 2.11 bits per heavy atom. The summed E-state index contributed by atoms with van der Waals surface area (Å²) in [5.41, 5.74) is 1.70. The van der Waals surface area contributed by atoms with E-state index < -0.39 is 0 Å². The Bertz CT molecular complexity index is 537. The third-order valence-electron chi connectivity index (χ3n) is 2.84. The number of benzene rings is 1. The van der Waals surface area contributed by atoms with Crippen molar-refractivity contribution in [1.29, 1.82) is 0 Å². The lowest BCUT2D eigenvalue weighted by Gasteiger charge is -2.15. The van der Waals surface area contributed by atoms with Crippen molar-refractivity contribution in [2.24, 2.45) is 7.05 Å². The summed E-state index contributed by atoms with van der Waals surface area (Å²) < 4.78 is 1.75. The van der Waals surface area contributed by atoms with Gasteiger partial charge < -0.3 is 15.5 Å². The van der Waals surface area contributed by atoms with Crippen LogP contribution < -0.4 is 5.32 Å². The standard InChI is InChI=1S/C13H17N3O2/c1-9(12-4-3-11(17)7-13(12)18)14-8-10-5-6-16(2)15-10/h3-7,9,14,17-18H,8H2,1-2H3. The SMILES string of the molecule is CC(NCc1ccn(C)n1)c1ccc(O)cc1O. The second-order valence-corrected chi connectivity index (χ2v) is 4.33. The molecule has 1 unspecified atom stereocenters. The molecule has 1 aromatic heterocycles. The smallest absolute Gasteiger partial charge is 0.124 e. The van der Waals surface area contributed by atoms with Crippen molar-refractivity contribution in [2.75, 3.05) is 0 Å². The van der Waals surface area contributed by atoms with Gasteiger partial charge in [0, 0.05) is 37.5 Å². The van der Waals surface area contributed by atoms with Crippen LogP contribution in [0.25, 0.3) is 0 Å². The molecule has 0 saturated carbocycles. The summed E-state index contributed by atoms with van der Waals surface area (Å²) >= 11 is 0. The van der Waals surface area contributed by atoms with Gasteiger partial charge in [0.15, 0.2) is 0 Å². The molecule has 3 N–H and O–H groups in total. The van der Waals surface area contributed by atoms with Gasteiger partial charge in [0.25, 0.3) is 0 Å². The first kappa shape index (κ1) is 12.4. The summed E-state index contributed by atoms with van der Waals surface area (Å²) in [5.74, 6) is 0.157. The fourth-order valence-electron chi connectivity index (χ4n) is 1.82. The van der Waals surface area contributed by atoms with Crippen molar-refractivity contribution >= 4 is 0 Å². The molecular weight excluding hydrogens is 230 g/mol. The number of phenols is 2. The van der Waals surface area contributed by atoms with Gasteiger partial charge in [-0.1, -0.05) is 6.07 Å². The normalized spacial score (nSPS) is 12.6. The molecule has 0 fully saturated rings. The average Bonchev–Trinajstić information content (AvgIpc) is 2.72. The van der Waals surface area contributed by atoms with Gasteiger partial charge >= 0.3 is 0 Å². The highest BCUT2D eigenvalue weighted by atomic mass is 16.3. The van der Waals surface area contributed by atoms with Crippen LogP contribution in [-0.4, -0.2) is 20.0 Å². The van der Waals surface area contributed by atoms with E-state index in [0.29, 0.717) is 6.54 Å². The highest BCUT2D eigenvalue weighted by Crippen LogP contribution is 2.27. The Morgan fingerprint density at radius 1 is 1.33 bits per heavy atom. The highest BCUT2D eigenvalue weighted by molar-refractivity contribution is 5.40. The molecule has 0 aliphatic carbocycles. The summed E-state index contributed by atoms with van der Waals surface area (Å²) in [7, 11) is 1.87. The number of aromatic nitrogens is 2. The van der Waals surface area contributed by atoms with Gasteiger partial charge in [0.05, 0.1) is 5.69 Å². The van der Waals surface area contributed by atoms with E-state index in [-0.39, 0.29) is 17.5 Å². The van der Waals surface area contributed by atoms with E-state index in [2.05, 4.69) is 10.4 Å². The zero-order valence-corrected chi connectivity index (χ0v) is 10.5. The van der Waals surface area contributed by atoms with E-state index in [1.165, 1.54) is 6.07 Å². The molecule has 1 aromatic carbocycles. The third-order valence-corrected chi connectivity index (χ3v) is 2.84. The van der Waals surface area contributed by atoms with Crippen molar-refractivity contribution in [2.45, 2.75) is 19.5 Å². The number of nitrogens with one attached hydrogen (secondary N) is 1. The summed E-state index contributed by atoms with van der Waals surface area (Å²) in [5, 5.41) is 26.5. The Hall–Kier alpha value is -2.01. The van der Waals surface area contributed by atoms with Crippen LogP contribution in [0.1, 0.15) is 24.2 Å². The van der Waals surface area contributed by atoms with Crippen molar-refractivity contribution in [3.8, 4) is 11.5 Å². The van der Waals surface area contributed by atoms with E-state index in [4.69, 9.17) is 0 Å². The van der Waals surface area contributed by atoms with Gasteiger partial charge in [0.2, 0.25) is 0 Å². The molecule has 5 nitrogen and oxygen atoms in total. The van der Waals surface area contributed by atoms with Gasteiger partial charge in [-0.25, -0.2) is 0 Å². The molecule has 0 spiro atoms. The minimum absolute atomic E-state index is 0.0207. The number of hydrogen-bond donors (Lipinski definition) is 3. The molecule has 0 aliphatic rings. The van der Waals surface area contributed by atoms with Gasteiger partial charge in [-0.3, -0.25) is 4.68 Å². The zero-order valence-electron chi connectivity index (χ0n) is 10.5. The fourth-order valence-corrected chi connectivity index (χ4v) is 1.82. The van der Waals surface area contributed by atoms with E-state index >= 15 is 0 Å². The Labute approximate surface area is 106 Å². The topological polar surface area (TPSA) is 70.3 Å². The maximum Gasteiger partial charge on any atom is 0.124 e. The molecule has 5 heteroatoms. The number of hydrogen-bond acceptors (Lipinski definition) is 4. The molecular formula is C13H17N3O2. The van der Waals surface area contributed by atoms with Crippen LogP contribution in [-0.2, 0) is 13.6 Å². The van der Waals surface area contributed by atoms with E-state index in [0.717, 1.165) is 11.3 Å². The number of aryl methyl sites for hydroxylation is 1. The second kappa shape index (κ2) is 5.10. The maximum absolute atomic E-state index is 9.74. The number of aromatic hydroxyl groups is 2. The van der Waals surface area contributed by atoms with Crippen molar-refractivity contribution < 1.29 is 10.2 Å². The molecule has 0 amide bonds. The summed E-state index contributed by atoms with van der Waals surface area (Å²) in [4.78, 5) is 0. The molecule has 2 rings (SSSR count). The van der Waals surface area contributed by atoms with E-state index in [1.807, 2.05) is 26.2 Å². The predicted octanol–water partition coefficient (Wildman–Crippen LogP) is 1.68. The van der Waals surface area contributed by atoms with Crippen molar-refractivity contribution in [1.82, 2.24) is 15.1 Å². The predicted molar refractivity (Wildman–Crippen MR) is 68.2 cm³/mol. The Balaban J connectivity index is 2.01. The molecule has 2 aromatic rings. The summed E-state index contributed by atoms with van der Waals surface area (Å²) in [6.07, 6.45) is 1.89. The molecule has 96 valence electrons. The van der Waals surface area contributed by atoms with E-state index in [1.54, 1.807) is 16.8 Å². The first-order valence-corrected chi connectivity index (χ1v) is 5.80. The second-order valence-electron chi connectivity index (χ2n) is 4.33. The van der Waals surface area contributed by atoms with Crippen LogP contribution in [0.2, 0.25) is 0 Å². The minimum Gasteiger partial charge on any atom is -0.508 e. The molecule has 18 heavy (non-hydrogen) atoms. The van der Waals surface area contributed by atoms with Gasteiger partial charge in [-0.2, -0.15) is 5.10 Å². The molecule has 1 atom stereocenters. The quantitative estimate of drug-likeness (QED) is 0.768. The van der Waals surface area contributed by atoms with Crippen LogP contribution in [0, 0.1) is 0 Å². The summed E-state index contributed by atoms with van der Waals surface area (Å²) in [6.45, 7) is 2.58. The van der Waals surface area contributed by atoms with Crippen LogP contribution in [0.15, 0.2) is 30.5 Å².